The van der Waals surface area contributed by atoms with Gasteiger partial charge in [0.15, 0.2) is 0 Å². The molecule has 0 bridgehead atoms. The van der Waals surface area contributed by atoms with Crippen molar-refractivity contribution in [1.82, 2.24) is 0 Å². The van der Waals surface area contributed by atoms with Crippen LogP contribution in [0.25, 0.3) is 0 Å². The standard InChI is InChI=1S/C9H11BrO3S/c1-7(2)13-14(11,12)9-6-4-3-5-8(9)10/h3-7H,1-2H3. The van der Waals surface area contributed by atoms with E-state index >= 15 is 0 Å². The first-order valence-electron chi connectivity index (χ1n) is 4.11. The lowest BCUT2D eigenvalue weighted by Crippen LogP contribution is -2.12. The average Bonchev–Trinajstić information content (AvgIpc) is 2.02. The highest BCUT2D eigenvalue weighted by atomic mass is 79.9. The predicted octanol–water partition coefficient (Wildman–Crippen LogP) is 2.56. The Morgan fingerprint density at radius 2 is 1.86 bits per heavy atom. The van der Waals surface area contributed by atoms with Crippen LogP contribution in [0, 0.1) is 0 Å². The van der Waals surface area contributed by atoms with E-state index in [1.807, 2.05) is 0 Å². The van der Waals surface area contributed by atoms with E-state index in [9.17, 15) is 8.42 Å². The summed E-state index contributed by atoms with van der Waals surface area (Å²) < 4.78 is 28.6. The van der Waals surface area contributed by atoms with Gasteiger partial charge in [-0.1, -0.05) is 12.1 Å². The van der Waals surface area contributed by atoms with Crippen molar-refractivity contribution in [1.29, 1.82) is 0 Å². The van der Waals surface area contributed by atoms with Gasteiger partial charge in [0.2, 0.25) is 0 Å². The second kappa shape index (κ2) is 4.42. The van der Waals surface area contributed by atoms with Crippen LogP contribution in [0.15, 0.2) is 33.6 Å². The second-order valence-electron chi connectivity index (χ2n) is 3.03. The predicted molar refractivity (Wildman–Crippen MR) is 57.5 cm³/mol. The Balaban J connectivity index is 3.11. The van der Waals surface area contributed by atoms with E-state index in [1.54, 1.807) is 32.0 Å². The molecule has 0 saturated carbocycles. The molecule has 0 unspecified atom stereocenters. The molecule has 0 spiro atoms. The summed E-state index contributed by atoms with van der Waals surface area (Å²) in [7, 11) is -3.64. The van der Waals surface area contributed by atoms with Crippen LogP contribution in [0.1, 0.15) is 13.8 Å². The first-order valence-corrected chi connectivity index (χ1v) is 6.31. The maximum Gasteiger partial charge on any atom is 0.298 e. The van der Waals surface area contributed by atoms with Gasteiger partial charge in [0, 0.05) is 4.47 Å². The Morgan fingerprint density at radius 1 is 1.29 bits per heavy atom. The molecular weight excluding hydrogens is 268 g/mol. The van der Waals surface area contributed by atoms with Gasteiger partial charge in [-0.25, -0.2) is 0 Å². The first kappa shape index (κ1) is 11.7. The Bertz CT molecular complexity index is 412. The molecule has 1 rings (SSSR count). The quantitative estimate of drug-likeness (QED) is 0.799. The topological polar surface area (TPSA) is 43.4 Å². The van der Waals surface area contributed by atoms with Crippen molar-refractivity contribution < 1.29 is 12.6 Å². The Labute approximate surface area is 92.3 Å². The summed E-state index contributed by atoms with van der Waals surface area (Å²) in [5.41, 5.74) is 0. The van der Waals surface area contributed by atoms with Crippen molar-refractivity contribution in [3.05, 3.63) is 28.7 Å². The average molecular weight is 279 g/mol. The molecule has 3 nitrogen and oxygen atoms in total. The van der Waals surface area contributed by atoms with E-state index in [1.165, 1.54) is 6.07 Å². The van der Waals surface area contributed by atoms with Crippen LogP contribution < -0.4 is 0 Å². The van der Waals surface area contributed by atoms with Gasteiger partial charge in [0.1, 0.15) is 4.90 Å². The molecule has 0 radical (unpaired) electrons. The molecule has 1 aromatic carbocycles. The summed E-state index contributed by atoms with van der Waals surface area (Å²) in [6, 6.07) is 6.57. The summed E-state index contributed by atoms with van der Waals surface area (Å²) >= 11 is 3.16. The summed E-state index contributed by atoms with van der Waals surface area (Å²) in [4.78, 5) is 0.161. The Kier molecular flexibility index (Phi) is 3.69. The minimum absolute atomic E-state index is 0.161. The number of halogens is 1. The molecule has 0 saturated heterocycles. The fourth-order valence-electron chi connectivity index (χ4n) is 0.953. The molecule has 5 heteroatoms. The molecule has 0 N–H and O–H groups in total. The van der Waals surface area contributed by atoms with E-state index in [-0.39, 0.29) is 11.0 Å². The zero-order valence-electron chi connectivity index (χ0n) is 7.90. The molecule has 14 heavy (non-hydrogen) atoms. The van der Waals surface area contributed by atoms with Crippen molar-refractivity contribution in [3.8, 4) is 0 Å². The molecule has 0 aliphatic carbocycles. The van der Waals surface area contributed by atoms with Gasteiger partial charge in [-0.2, -0.15) is 8.42 Å². The Hall–Kier alpha value is -0.390. The fourth-order valence-corrected chi connectivity index (χ4v) is 2.99. The van der Waals surface area contributed by atoms with Crippen LogP contribution in [0.3, 0.4) is 0 Å². The molecule has 0 fully saturated rings. The maximum absolute atomic E-state index is 11.6. The highest BCUT2D eigenvalue weighted by molar-refractivity contribution is 9.10. The molecular formula is C9H11BrO3S. The minimum atomic E-state index is -3.64. The lowest BCUT2D eigenvalue weighted by atomic mass is 10.4. The molecule has 0 aliphatic rings. The largest absolute Gasteiger partial charge is 0.298 e. The van der Waals surface area contributed by atoms with Crippen LogP contribution in [-0.4, -0.2) is 14.5 Å². The van der Waals surface area contributed by atoms with Gasteiger partial charge in [-0.05, 0) is 41.9 Å². The van der Waals surface area contributed by atoms with E-state index in [0.717, 1.165) is 0 Å². The molecule has 0 heterocycles. The van der Waals surface area contributed by atoms with Crippen LogP contribution >= 0.6 is 15.9 Å². The minimum Gasteiger partial charge on any atom is -0.264 e. The molecule has 0 aromatic heterocycles. The van der Waals surface area contributed by atoms with Gasteiger partial charge in [-0.3, -0.25) is 4.18 Å². The van der Waals surface area contributed by atoms with E-state index in [4.69, 9.17) is 4.18 Å². The molecule has 78 valence electrons. The first-order chi connectivity index (χ1) is 6.43. The molecule has 0 amide bonds. The normalized spacial score (nSPS) is 12.0. The van der Waals surface area contributed by atoms with Crippen molar-refractivity contribution >= 4 is 26.0 Å². The lowest BCUT2D eigenvalue weighted by molar-refractivity contribution is 0.248. The SMILES string of the molecule is CC(C)OS(=O)(=O)c1ccccc1Br. The van der Waals surface area contributed by atoms with Crippen LogP contribution in [0.4, 0.5) is 0 Å². The highest BCUT2D eigenvalue weighted by Crippen LogP contribution is 2.23. The summed E-state index contributed by atoms with van der Waals surface area (Å²) in [5, 5.41) is 0. The lowest BCUT2D eigenvalue weighted by Gasteiger charge is -2.09. The molecule has 0 aliphatic heterocycles. The van der Waals surface area contributed by atoms with Crippen molar-refractivity contribution in [2.75, 3.05) is 0 Å². The van der Waals surface area contributed by atoms with Gasteiger partial charge in [0.05, 0.1) is 6.10 Å². The van der Waals surface area contributed by atoms with Crippen molar-refractivity contribution in [3.63, 3.8) is 0 Å². The number of benzene rings is 1. The van der Waals surface area contributed by atoms with Crippen molar-refractivity contribution in [2.45, 2.75) is 24.8 Å². The summed E-state index contributed by atoms with van der Waals surface area (Å²) in [6.45, 7) is 3.35. The van der Waals surface area contributed by atoms with Crippen molar-refractivity contribution in [2.24, 2.45) is 0 Å². The van der Waals surface area contributed by atoms with Crippen LogP contribution in [0.5, 0.6) is 0 Å². The Morgan fingerprint density at radius 3 is 2.36 bits per heavy atom. The molecule has 0 atom stereocenters. The number of rotatable bonds is 3. The van der Waals surface area contributed by atoms with Crippen LogP contribution in [0.2, 0.25) is 0 Å². The van der Waals surface area contributed by atoms with Gasteiger partial charge < -0.3 is 0 Å². The number of hydrogen-bond donors (Lipinski definition) is 0. The monoisotopic (exact) mass is 278 g/mol. The zero-order valence-corrected chi connectivity index (χ0v) is 10.3. The fraction of sp³-hybridized carbons (Fsp3) is 0.333. The maximum atomic E-state index is 11.6. The third kappa shape index (κ3) is 2.80. The summed E-state index contributed by atoms with van der Waals surface area (Å²) in [6.07, 6.45) is -0.355. The van der Waals surface area contributed by atoms with Crippen LogP contribution in [-0.2, 0) is 14.3 Å². The molecule has 1 aromatic rings. The zero-order chi connectivity index (χ0) is 10.8. The second-order valence-corrected chi connectivity index (χ2v) is 5.42. The number of hydrogen-bond acceptors (Lipinski definition) is 3. The van der Waals surface area contributed by atoms with Gasteiger partial charge in [-0.15, -0.1) is 0 Å². The van der Waals surface area contributed by atoms with E-state index in [2.05, 4.69) is 15.9 Å². The van der Waals surface area contributed by atoms with E-state index < -0.39 is 10.1 Å². The van der Waals surface area contributed by atoms with Gasteiger partial charge in [0.25, 0.3) is 10.1 Å². The van der Waals surface area contributed by atoms with Gasteiger partial charge >= 0.3 is 0 Å². The summed E-state index contributed by atoms with van der Waals surface area (Å²) in [5.74, 6) is 0. The smallest absolute Gasteiger partial charge is 0.264 e. The van der Waals surface area contributed by atoms with E-state index in [0.29, 0.717) is 4.47 Å². The highest BCUT2D eigenvalue weighted by Gasteiger charge is 2.19. The third-order valence-electron chi connectivity index (χ3n) is 1.43. The third-order valence-corrected chi connectivity index (χ3v) is 3.91.